The predicted molar refractivity (Wildman–Crippen MR) is 92.7 cm³/mol. The molecule has 1 saturated heterocycles. The van der Waals surface area contributed by atoms with Gasteiger partial charge in [0.05, 0.1) is 13.2 Å². The number of morpholine rings is 1. The highest BCUT2D eigenvalue weighted by atomic mass is 16.5. The molecule has 122 valence electrons. The summed E-state index contributed by atoms with van der Waals surface area (Å²) in [6, 6.07) is 18.8. The molecule has 23 heavy (non-hydrogen) atoms. The first kappa shape index (κ1) is 16.0. The minimum Gasteiger partial charge on any atom is -0.497 e. The van der Waals surface area contributed by atoms with Crippen LogP contribution in [0.4, 0.5) is 0 Å². The molecule has 1 heterocycles. The van der Waals surface area contributed by atoms with Crippen molar-refractivity contribution in [2.45, 2.75) is 25.0 Å². The Morgan fingerprint density at radius 1 is 1.17 bits per heavy atom. The Balaban J connectivity index is 1.96. The predicted octanol–water partition coefficient (Wildman–Crippen LogP) is 4.00. The fourth-order valence-electron chi connectivity index (χ4n) is 3.44. The van der Waals surface area contributed by atoms with E-state index < -0.39 is 0 Å². The summed E-state index contributed by atoms with van der Waals surface area (Å²) >= 11 is 0. The van der Waals surface area contributed by atoms with E-state index in [4.69, 9.17) is 9.47 Å². The van der Waals surface area contributed by atoms with Crippen LogP contribution in [0.1, 0.15) is 30.6 Å². The molecule has 2 aromatic rings. The number of likely N-dealkylation sites (N-methyl/N-ethyl adjacent to an activating group) is 1. The van der Waals surface area contributed by atoms with Gasteiger partial charge in [0, 0.05) is 13.1 Å². The van der Waals surface area contributed by atoms with Crippen molar-refractivity contribution in [1.29, 1.82) is 0 Å². The second-order valence-electron chi connectivity index (χ2n) is 6.29. The highest BCUT2D eigenvalue weighted by molar-refractivity contribution is 5.33. The van der Waals surface area contributed by atoms with E-state index in [1.54, 1.807) is 7.11 Å². The van der Waals surface area contributed by atoms with E-state index in [9.17, 15) is 0 Å². The van der Waals surface area contributed by atoms with Gasteiger partial charge in [0.25, 0.3) is 0 Å². The van der Waals surface area contributed by atoms with Crippen molar-refractivity contribution in [3.63, 3.8) is 0 Å². The molecule has 2 atom stereocenters. The van der Waals surface area contributed by atoms with Gasteiger partial charge in [0.15, 0.2) is 0 Å². The second kappa shape index (κ2) is 6.73. The lowest BCUT2D eigenvalue weighted by Gasteiger charge is -2.45. The number of nitrogens with zero attached hydrogens (tertiary/aromatic N) is 1. The fraction of sp³-hybridized carbons (Fsp3) is 0.400. The van der Waals surface area contributed by atoms with Crippen LogP contribution in [0.25, 0.3) is 0 Å². The van der Waals surface area contributed by atoms with Gasteiger partial charge in [-0.05, 0) is 36.7 Å². The maximum absolute atomic E-state index is 6.67. The number of benzene rings is 2. The van der Waals surface area contributed by atoms with E-state index in [0.29, 0.717) is 0 Å². The largest absolute Gasteiger partial charge is 0.497 e. The Morgan fingerprint density at radius 2 is 1.96 bits per heavy atom. The summed E-state index contributed by atoms with van der Waals surface area (Å²) in [7, 11) is 3.88. The molecule has 0 aliphatic carbocycles. The zero-order valence-electron chi connectivity index (χ0n) is 14.2. The summed E-state index contributed by atoms with van der Waals surface area (Å²) < 4.78 is 12.1. The van der Waals surface area contributed by atoms with Crippen LogP contribution in [0, 0.1) is 0 Å². The number of hydrogen-bond donors (Lipinski definition) is 0. The van der Waals surface area contributed by atoms with Gasteiger partial charge in [-0.15, -0.1) is 0 Å². The molecule has 3 rings (SSSR count). The van der Waals surface area contributed by atoms with Crippen LogP contribution in [-0.4, -0.2) is 32.1 Å². The maximum atomic E-state index is 6.67. The smallest absolute Gasteiger partial charge is 0.119 e. The summed E-state index contributed by atoms with van der Waals surface area (Å²) in [5, 5.41) is 0. The summed E-state index contributed by atoms with van der Waals surface area (Å²) in [6.07, 6.45) is 1.01. The van der Waals surface area contributed by atoms with E-state index in [-0.39, 0.29) is 11.7 Å². The average molecular weight is 311 g/mol. The summed E-state index contributed by atoms with van der Waals surface area (Å²) in [5.41, 5.74) is 2.12. The molecular formula is C20H25NO2. The summed E-state index contributed by atoms with van der Waals surface area (Å²) in [5.74, 6) is 0.878. The molecule has 0 bridgehead atoms. The van der Waals surface area contributed by atoms with Gasteiger partial charge in [-0.1, -0.05) is 49.4 Å². The SMILES string of the molecule is CCC1(c2cccc(OC)c2)CN(C)CC(c2ccccc2)O1. The third-order valence-corrected chi connectivity index (χ3v) is 4.71. The van der Waals surface area contributed by atoms with Gasteiger partial charge in [-0.2, -0.15) is 0 Å². The van der Waals surface area contributed by atoms with Crippen molar-refractivity contribution in [1.82, 2.24) is 4.90 Å². The molecular weight excluding hydrogens is 286 g/mol. The molecule has 2 unspecified atom stereocenters. The molecule has 0 spiro atoms. The Labute approximate surface area is 138 Å². The third kappa shape index (κ3) is 3.26. The molecule has 0 saturated carbocycles. The van der Waals surface area contributed by atoms with Crippen molar-refractivity contribution in [3.05, 3.63) is 65.7 Å². The zero-order chi connectivity index (χ0) is 16.3. The first-order chi connectivity index (χ1) is 11.2. The van der Waals surface area contributed by atoms with Gasteiger partial charge in [-0.3, -0.25) is 0 Å². The quantitative estimate of drug-likeness (QED) is 0.852. The fourth-order valence-corrected chi connectivity index (χ4v) is 3.44. The number of rotatable bonds is 4. The van der Waals surface area contributed by atoms with Gasteiger partial charge in [0.2, 0.25) is 0 Å². The number of ether oxygens (including phenoxy) is 2. The molecule has 1 fully saturated rings. The zero-order valence-corrected chi connectivity index (χ0v) is 14.2. The van der Waals surface area contributed by atoms with Gasteiger partial charge >= 0.3 is 0 Å². The third-order valence-electron chi connectivity index (χ3n) is 4.71. The molecule has 3 nitrogen and oxygen atoms in total. The minimum atomic E-state index is -0.304. The van der Waals surface area contributed by atoms with Crippen LogP contribution in [0.15, 0.2) is 54.6 Å². The average Bonchev–Trinajstić information content (AvgIpc) is 2.62. The van der Waals surface area contributed by atoms with E-state index in [2.05, 4.69) is 55.3 Å². The van der Waals surface area contributed by atoms with Crippen molar-refractivity contribution in [2.24, 2.45) is 0 Å². The molecule has 2 aromatic carbocycles. The van der Waals surface area contributed by atoms with Crippen molar-refractivity contribution < 1.29 is 9.47 Å². The maximum Gasteiger partial charge on any atom is 0.119 e. The van der Waals surface area contributed by atoms with Gasteiger partial charge in [-0.25, -0.2) is 0 Å². The van der Waals surface area contributed by atoms with Crippen molar-refractivity contribution in [2.75, 3.05) is 27.2 Å². The van der Waals surface area contributed by atoms with Crippen LogP contribution in [-0.2, 0) is 10.3 Å². The van der Waals surface area contributed by atoms with Crippen molar-refractivity contribution >= 4 is 0 Å². The van der Waals surface area contributed by atoms with Crippen LogP contribution in [0.3, 0.4) is 0 Å². The number of methoxy groups -OCH3 is 1. The lowest BCUT2D eigenvalue weighted by atomic mass is 9.87. The van der Waals surface area contributed by atoms with E-state index in [1.165, 1.54) is 11.1 Å². The van der Waals surface area contributed by atoms with Gasteiger partial charge < -0.3 is 14.4 Å². The molecule has 1 aliphatic heterocycles. The molecule has 0 N–H and O–H groups in total. The van der Waals surface area contributed by atoms with E-state index >= 15 is 0 Å². The normalized spacial score (nSPS) is 25.3. The number of hydrogen-bond acceptors (Lipinski definition) is 3. The Kier molecular flexibility index (Phi) is 4.69. The van der Waals surface area contributed by atoms with Crippen LogP contribution >= 0.6 is 0 Å². The lowest BCUT2D eigenvalue weighted by Crippen LogP contribution is -2.49. The first-order valence-corrected chi connectivity index (χ1v) is 8.23. The van der Waals surface area contributed by atoms with Crippen LogP contribution in [0.5, 0.6) is 5.75 Å². The Bertz CT molecular complexity index is 643. The standard InChI is InChI=1S/C20H25NO2/c1-4-20(17-11-8-12-18(13-17)22-3)15-21(2)14-19(23-20)16-9-6-5-7-10-16/h5-13,19H,4,14-15H2,1-3H3. The molecule has 0 aromatic heterocycles. The monoisotopic (exact) mass is 311 g/mol. The van der Waals surface area contributed by atoms with E-state index in [1.807, 2.05) is 18.2 Å². The van der Waals surface area contributed by atoms with E-state index in [0.717, 1.165) is 25.3 Å². The molecule has 1 aliphatic rings. The first-order valence-electron chi connectivity index (χ1n) is 8.23. The molecule has 3 heteroatoms. The lowest BCUT2D eigenvalue weighted by molar-refractivity contribution is -0.160. The van der Waals surface area contributed by atoms with Crippen LogP contribution in [0.2, 0.25) is 0 Å². The molecule has 0 amide bonds. The highest BCUT2D eigenvalue weighted by Crippen LogP contribution is 2.40. The molecule has 0 radical (unpaired) electrons. The highest BCUT2D eigenvalue weighted by Gasteiger charge is 2.40. The summed E-state index contributed by atoms with van der Waals surface area (Å²) in [4.78, 5) is 2.37. The second-order valence-corrected chi connectivity index (χ2v) is 6.29. The topological polar surface area (TPSA) is 21.7 Å². The Morgan fingerprint density at radius 3 is 2.65 bits per heavy atom. The van der Waals surface area contributed by atoms with Crippen molar-refractivity contribution in [3.8, 4) is 5.75 Å². The minimum absolute atomic E-state index is 0.0844. The van der Waals surface area contributed by atoms with Crippen LogP contribution < -0.4 is 4.74 Å². The summed E-state index contributed by atoms with van der Waals surface area (Å²) in [6.45, 7) is 4.00. The Hall–Kier alpha value is -1.84. The van der Waals surface area contributed by atoms with Gasteiger partial charge in [0.1, 0.15) is 11.4 Å².